The van der Waals surface area contributed by atoms with Crippen LogP contribution >= 0.6 is 0 Å². The molecule has 0 spiro atoms. The molecule has 1 aromatic carbocycles. The van der Waals surface area contributed by atoms with Crippen molar-refractivity contribution in [3.8, 4) is 11.5 Å². The second-order valence-corrected chi connectivity index (χ2v) is 7.17. The van der Waals surface area contributed by atoms with Crippen molar-refractivity contribution in [2.75, 3.05) is 20.0 Å². The summed E-state index contributed by atoms with van der Waals surface area (Å²) in [6, 6.07) is 6.02. The molecular weight excluding hydrogens is 316 g/mol. The predicted molar refractivity (Wildman–Crippen MR) is 98.1 cm³/mol. The molecule has 1 atom stereocenters. The Hall–Kier alpha value is -1.26. The van der Waals surface area contributed by atoms with E-state index in [0.717, 1.165) is 36.7 Å². The lowest BCUT2D eigenvalue weighted by Gasteiger charge is -2.06. The van der Waals surface area contributed by atoms with E-state index in [0.29, 0.717) is 19.5 Å². The van der Waals surface area contributed by atoms with Gasteiger partial charge in [-0.05, 0) is 30.5 Å². The summed E-state index contributed by atoms with van der Waals surface area (Å²) in [5, 5.41) is 0. The minimum absolute atomic E-state index is 0.328. The van der Waals surface area contributed by atoms with Crippen LogP contribution in [0.2, 0.25) is 0 Å². The quantitative estimate of drug-likeness (QED) is 0.341. The summed E-state index contributed by atoms with van der Waals surface area (Å²) in [6.07, 6.45) is 14.0. The van der Waals surface area contributed by atoms with Crippen molar-refractivity contribution >= 4 is 0 Å². The molecule has 1 unspecified atom stereocenters. The predicted octanol–water partition coefficient (Wildman–Crippen LogP) is 5.23. The van der Waals surface area contributed by atoms with Crippen molar-refractivity contribution in [3.63, 3.8) is 0 Å². The van der Waals surface area contributed by atoms with Crippen LogP contribution in [0.15, 0.2) is 18.2 Å². The Balaban J connectivity index is 1.08. The number of benzene rings is 1. The van der Waals surface area contributed by atoms with Gasteiger partial charge in [-0.1, -0.05) is 57.4 Å². The number of rotatable bonds is 14. The van der Waals surface area contributed by atoms with E-state index in [1.165, 1.54) is 57.8 Å². The van der Waals surface area contributed by atoms with Crippen LogP contribution in [0, 0.1) is 0 Å². The zero-order valence-electron chi connectivity index (χ0n) is 15.3. The van der Waals surface area contributed by atoms with Gasteiger partial charge in [-0.25, -0.2) is 0 Å². The zero-order valence-corrected chi connectivity index (χ0v) is 15.3. The summed E-state index contributed by atoms with van der Waals surface area (Å²) >= 11 is 0. The largest absolute Gasteiger partial charge is 0.454 e. The van der Waals surface area contributed by atoms with Crippen LogP contribution in [0.5, 0.6) is 11.5 Å². The molecule has 0 aliphatic carbocycles. The van der Waals surface area contributed by atoms with Gasteiger partial charge in [0.15, 0.2) is 11.5 Å². The van der Waals surface area contributed by atoms with E-state index in [4.69, 9.17) is 18.9 Å². The van der Waals surface area contributed by atoms with Crippen molar-refractivity contribution < 1.29 is 18.9 Å². The fourth-order valence-electron chi connectivity index (χ4n) is 3.27. The van der Waals surface area contributed by atoms with Crippen molar-refractivity contribution in [2.45, 2.75) is 76.9 Å². The molecule has 2 heterocycles. The second-order valence-electron chi connectivity index (χ2n) is 7.17. The first-order valence-electron chi connectivity index (χ1n) is 10.00. The maximum Gasteiger partial charge on any atom is 0.231 e. The lowest BCUT2D eigenvalue weighted by molar-refractivity contribution is 0.116. The highest BCUT2D eigenvalue weighted by molar-refractivity contribution is 5.44. The monoisotopic (exact) mass is 348 g/mol. The molecule has 25 heavy (non-hydrogen) atoms. The average Bonchev–Trinajstić information content (AvgIpc) is 3.34. The first-order chi connectivity index (χ1) is 12.4. The van der Waals surface area contributed by atoms with E-state index in [2.05, 4.69) is 0 Å². The summed E-state index contributed by atoms with van der Waals surface area (Å²) < 4.78 is 21.7. The Kier molecular flexibility index (Phi) is 7.91. The number of ether oxygens (including phenoxy) is 4. The lowest BCUT2D eigenvalue weighted by Crippen LogP contribution is -1.96. The number of hydrogen-bond acceptors (Lipinski definition) is 4. The number of unbranched alkanes of at least 4 members (excludes halogenated alkanes) is 8. The van der Waals surface area contributed by atoms with E-state index >= 15 is 0 Å². The molecule has 0 N–H and O–H groups in total. The third-order valence-electron chi connectivity index (χ3n) is 4.92. The Morgan fingerprint density at radius 1 is 0.840 bits per heavy atom. The molecule has 1 saturated heterocycles. The first kappa shape index (κ1) is 18.5. The third kappa shape index (κ3) is 7.25. The molecule has 4 nitrogen and oxygen atoms in total. The van der Waals surface area contributed by atoms with Crippen molar-refractivity contribution in [1.82, 2.24) is 0 Å². The van der Waals surface area contributed by atoms with Gasteiger partial charge in [0, 0.05) is 6.61 Å². The van der Waals surface area contributed by atoms with E-state index < -0.39 is 0 Å². The van der Waals surface area contributed by atoms with Crippen LogP contribution in [-0.2, 0) is 16.1 Å². The van der Waals surface area contributed by atoms with E-state index in [1.807, 2.05) is 18.2 Å². The number of fused-ring (bicyclic) bond motifs is 1. The molecule has 0 saturated carbocycles. The van der Waals surface area contributed by atoms with Crippen molar-refractivity contribution in [1.29, 1.82) is 0 Å². The molecule has 3 rings (SSSR count). The second kappa shape index (κ2) is 10.7. The maximum atomic E-state index is 5.77. The molecule has 2 aliphatic rings. The van der Waals surface area contributed by atoms with Crippen LogP contribution in [0.4, 0.5) is 0 Å². The highest BCUT2D eigenvalue weighted by atomic mass is 16.7. The summed E-state index contributed by atoms with van der Waals surface area (Å²) in [6.45, 7) is 2.84. The highest BCUT2D eigenvalue weighted by Crippen LogP contribution is 2.32. The Labute approximate surface area is 151 Å². The van der Waals surface area contributed by atoms with Gasteiger partial charge in [-0.2, -0.15) is 0 Å². The molecule has 4 heteroatoms. The summed E-state index contributed by atoms with van der Waals surface area (Å²) in [5.41, 5.74) is 1.15. The van der Waals surface area contributed by atoms with Crippen molar-refractivity contribution in [3.05, 3.63) is 23.8 Å². The normalized spacial score (nSPS) is 17.8. The number of epoxide rings is 1. The fourth-order valence-corrected chi connectivity index (χ4v) is 3.27. The minimum atomic E-state index is 0.328. The first-order valence-corrected chi connectivity index (χ1v) is 10.00. The lowest BCUT2D eigenvalue weighted by atomic mass is 10.1. The summed E-state index contributed by atoms with van der Waals surface area (Å²) in [7, 11) is 0. The van der Waals surface area contributed by atoms with Crippen LogP contribution in [0.1, 0.15) is 69.8 Å². The summed E-state index contributed by atoms with van der Waals surface area (Å²) in [4.78, 5) is 0. The Morgan fingerprint density at radius 2 is 1.52 bits per heavy atom. The SMILES string of the molecule is c1cc2c(cc1COCCCCCCCCCCCC1CO1)OCO2. The molecule has 1 aromatic rings. The van der Waals surface area contributed by atoms with Crippen LogP contribution in [-0.4, -0.2) is 26.1 Å². The molecule has 0 radical (unpaired) electrons. The molecule has 1 fully saturated rings. The zero-order chi connectivity index (χ0) is 17.2. The molecule has 0 aromatic heterocycles. The van der Waals surface area contributed by atoms with Crippen LogP contribution < -0.4 is 9.47 Å². The van der Waals surface area contributed by atoms with Gasteiger partial charge >= 0.3 is 0 Å². The van der Waals surface area contributed by atoms with Gasteiger partial charge in [-0.15, -0.1) is 0 Å². The standard InChI is InChI=1S/C21H32O4/c1(2-4-6-8-10-19-16-23-19)3-5-7-9-13-22-15-18-11-12-20-21(14-18)25-17-24-20/h11-12,14,19H,1-10,13,15-17H2. The molecular formula is C21H32O4. The summed E-state index contributed by atoms with van der Waals surface area (Å²) in [5.74, 6) is 1.67. The van der Waals surface area contributed by atoms with Gasteiger partial charge in [0.1, 0.15) is 0 Å². The highest BCUT2D eigenvalue weighted by Gasteiger charge is 2.20. The van der Waals surface area contributed by atoms with E-state index in [9.17, 15) is 0 Å². The van der Waals surface area contributed by atoms with Gasteiger partial charge in [-0.3, -0.25) is 0 Å². The topological polar surface area (TPSA) is 40.2 Å². The van der Waals surface area contributed by atoms with Crippen LogP contribution in [0.25, 0.3) is 0 Å². The average molecular weight is 348 g/mol. The van der Waals surface area contributed by atoms with Gasteiger partial charge < -0.3 is 18.9 Å². The fraction of sp³-hybridized carbons (Fsp3) is 0.714. The van der Waals surface area contributed by atoms with E-state index in [1.54, 1.807) is 0 Å². The molecule has 0 amide bonds. The molecule has 0 bridgehead atoms. The Bertz CT molecular complexity index is 499. The third-order valence-corrected chi connectivity index (χ3v) is 4.92. The van der Waals surface area contributed by atoms with Gasteiger partial charge in [0.05, 0.1) is 19.3 Å². The molecule has 2 aliphatic heterocycles. The Morgan fingerprint density at radius 3 is 2.28 bits per heavy atom. The van der Waals surface area contributed by atoms with Gasteiger partial charge in [0.2, 0.25) is 6.79 Å². The van der Waals surface area contributed by atoms with Crippen LogP contribution in [0.3, 0.4) is 0 Å². The van der Waals surface area contributed by atoms with E-state index in [-0.39, 0.29) is 0 Å². The van der Waals surface area contributed by atoms with Crippen molar-refractivity contribution in [2.24, 2.45) is 0 Å². The van der Waals surface area contributed by atoms with Gasteiger partial charge in [0.25, 0.3) is 0 Å². The maximum absolute atomic E-state index is 5.77. The smallest absolute Gasteiger partial charge is 0.231 e. The minimum Gasteiger partial charge on any atom is -0.454 e. The molecule has 140 valence electrons. The number of hydrogen-bond donors (Lipinski definition) is 0.